The van der Waals surface area contributed by atoms with Crippen molar-refractivity contribution in [2.24, 2.45) is 5.92 Å². The molecule has 2 atom stereocenters. The molecule has 0 spiro atoms. The Morgan fingerprint density at radius 1 is 1.10 bits per heavy atom. The van der Waals surface area contributed by atoms with E-state index in [1.807, 2.05) is 6.92 Å². The van der Waals surface area contributed by atoms with Crippen LogP contribution in [0.1, 0.15) is 40.0 Å². The van der Waals surface area contributed by atoms with Gasteiger partial charge in [-0.3, -0.25) is 9.59 Å². The van der Waals surface area contributed by atoms with E-state index in [0.29, 0.717) is 6.42 Å². The van der Waals surface area contributed by atoms with E-state index in [2.05, 4.69) is 4.74 Å². The molecule has 21 heavy (non-hydrogen) atoms. The van der Waals surface area contributed by atoms with Crippen LogP contribution >= 0.6 is 0 Å². The fourth-order valence-corrected chi connectivity index (χ4v) is 1.43. The fourth-order valence-electron chi connectivity index (χ4n) is 1.43. The quantitative estimate of drug-likeness (QED) is 0.271. The van der Waals surface area contributed by atoms with E-state index in [1.165, 1.54) is 14.0 Å². The number of ether oxygens (including phenoxy) is 3. The normalized spacial score (nSPS) is 13.0. The maximum absolute atomic E-state index is 11.9. The van der Waals surface area contributed by atoms with Crippen LogP contribution in [0.5, 0.6) is 0 Å². The third kappa shape index (κ3) is 7.43. The summed E-state index contributed by atoms with van der Waals surface area (Å²) in [5.74, 6) is -3.94. The van der Waals surface area contributed by atoms with Crippen LogP contribution in [-0.2, 0) is 33.4 Å². The Morgan fingerprint density at radius 2 is 1.71 bits per heavy atom. The number of hydrogen-bond acceptors (Lipinski definition) is 7. The molecule has 0 heterocycles. The zero-order valence-corrected chi connectivity index (χ0v) is 12.8. The lowest BCUT2D eigenvalue weighted by Crippen LogP contribution is -2.34. The Bertz CT molecular complexity index is 389. The van der Waals surface area contributed by atoms with Gasteiger partial charge in [0.05, 0.1) is 19.6 Å². The predicted octanol–water partition coefficient (Wildman–Crippen LogP) is 1.03. The SMILES string of the molecule is CCCCOC(=O)C(CC(C)C(=O)OC)OC(=O)C(C)=O. The molecule has 0 aromatic carbocycles. The molecule has 2 unspecified atom stereocenters. The number of carbonyl (C=O) groups is 4. The van der Waals surface area contributed by atoms with Gasteiger partial charge < -0.3 is 14.2 Å². The first-order chi connectivity index (χ1) is 9.83. The van der Waals surface area contributed by atoms with Gasteiger partial charge in [-0.05, 0) is 6.42 Å². The Balaban J connectivity index is 4.75. The summed E-state index contributed by atoms with van der Waals surface area (Å²) < 4.78 is 14.3. The average molecular weight is 302 g/mol. The number of unbranched alkanes of at least 4 members (excludes halogenated alkanes) is 1. The number of esters is 3. The van der Waals surface area contributed by atoms with Crippen molar-refractivity contribution in [1.29, 1.82) is 0 Å². The second kappa shape index (κ2) is 9.90. The van der Waals surface area contributed by atoms with Gasteiger partial charge in [-0.2, -0.15) is 0 Å². The fraction of sp³-hybridized carbons (Fsp3) is 0.714. The van der Waals surface area contributed by atoms with Crippen molar-refractivity contribution in [2.45, 2.75) is 46.1 Å². The summed E-state index contributed by atoms with van der Waals surface area (Å²) in [5, 5.41) is 0. The molecule has 0 fully saturated rings. The zero-order valence-electron chi connectivity index (χ0n) is 12.8. The van der Waals surface area contributed by atoms with Crippen molar-refractivity contribution in [2.75, 3.05) is 13.7 Å². The van der Waals surface area contributed by atoms with Crippen molar-refractivity contribution >= 4 is 23.7 Å². The van der Waals surface area contributed by atoms with Crippen LogP contribution in [0.4, 0.5) is 0 Å². The number of ketones is 1. The summed E-state index contributed by atoms with van der Waals surface area (Å²) in [6.45, 7) is 4.68. The summed E-state index contributed by atoms with van der Waals surface area (Å²) in [6, 6.07) is 0. The number of hydrogen-bond donors (Lipinski definition) is 0. The number of methoxy groups -OCH3 is 1. The third-order valence-electron chi connectivity index (χ3n) is 2.71. The van der Waals surface area contributed by atoms with Crippen molar-refractivity contribution in [3.8, 4) is 0 Å². The first-order valence-corrected chi connectivity index (χ1v) is 6.79. The molecule has 0 amide bonds. The van der Waals surface area contributed by atoms with E-state index in [-0.39, 0.29) is 13.0 Å². The highest BCUT2D eigenvalue weighted by Crippen LogP contribution is 2.13. The van der Waals surface area contributed by atoms with Crippen LogP contribution in [0.3, 0.4) is 0 Å². The second-order valence-electron chi connectivity index (χ2n) is 4.63. The average Bonchev–Trinajstić information content (AvgIpc) is 2.45. The highest BCUT2D eigenvalue weighted by Gasteiger charge is 2.30. The first kappa shape index (κ1) is 19.1. The largest absolute Gasteiger partial charge is 0.469 e. The maximum atomic E-state index is 11.9. The van der Waals surface area contributed by atoms with Gasteiger partial charge in [0.1, 0.15) is 0 Å². The highest BCUT2D eigenvalue weighted by molar-refractivity contribution is 6.32. The molecule has 0 bridgehead atoms. The molecular formula is C14H22O7. The van der Waals surface area contributed by atoms with Gasteiger partial charge in [-0.1, -0.05) is 20.3 Å². The van der Waals surface area contributed by atoms with E-state index in [1.54, 1.807) is 0 Å². The van der Waals surface area contributed by atoms with E-state index in [0.717, 1.165) is 13.3 Å². The molecule has 7 nitrogen and oxygen atoms in total. The Kier molecular flexibility index (Phi) is 9.00. The second-order valence-corrected chi connectivity index (χ2v) is 4.63. The monoisotopic (exact) mass is 302 g/mol. The molecule has 0 saturated heterocycles. The van der Waals surface area contributed by atoms with E-state index >= 15 is 0 Å². The zero-order chi connectivity index (χ0) is 16.4. The van der Waals surface area contributed by atoms with Crippen LogP contribution in [0.2, 0.25) is 0 Å². The van der Waals surface area contributed by atoms with Gasteiger partial charge in [0.15, 0.2) is 6.10 Å². The molecule has 7 heteroatoms. The van der Waals surface area contributed by atoms with Gasteiger partial charge in [-0.15, -0.1) is 0 Å². The summed E-state index contributed by atoms with van der Waals surface area (Å²) in [7, 11) is 1.22. The molecule has 0 aromatic rings. The summed E-state index contributed by atoms with van der Waals surface area (Å²) in [5.41, 5.74) is 0. The smallest absolute Gasteiger partial charge is 0.375 e. The van der Waals surface area contributed by atoms with Crippen molar-refractivity contribution in [3.63, 3.8) is 0 Å². The molecule has 0 saturated carbocycles. The summed E-state index contributed by atoms with van der Waals surface area (Å²) >= 11 is 0. The van der Waals surface area contributed by atoms with Crippen LogP contribution in [0.15, 0.2) is 0 Å². The van der Waals surface area contributed by atoms with Gasteiger partial charge in [0.2, 0.25) is 5.78 Å². The standard InChI is InChI=1S/C14H22O7/c1-5-6-7-20-14(18)11(21-13(17)10(3)15)8-9(2)12(16)19-4/h9,11H,5-8H2,1-4H3. The highest BCUT2D eigenvalue weighted by atomic mass is 16.6. The molecule has 0 aliphatic carbocycles. The Hall–Kier alpha value is -1.92. The third-order valence-corrected chi connectivity index (χ3v) is 2.71. The summed E-state index contributed by atoms with van der Waals surface area (Å²) in [4.78, 5) is 45.5. The van der Waals surface area contributed by atoms with E-state index in [4.69, 9.17) is 9.47 Å². The topological polar surface area (TPSA) is 96.0 Å². The Morgan fingerprint density at radius 3 is 2.19 bits per heavy atom. The lowest BCUT2D eigenvalue weighted by Gasteiger charge is -2.18. The van der Waals surface area contributed by atoms with Crippen LogP contribution < -0.4 is 0 Å². The Labute approximate surface area is 123 Å². The number of rotatable bonds is 9. The van der Waals surface area contributed by atoms with Crippen molar-refractivity contribution < 1.29 is 33.4 Å². The van der Waals surface area contributed by atoms with Crippen molar-refractivity contribution in [1.82, 2.24) is 0 Å². The van der Waals surface area contributed by atoms with E-state index in [9.17, 15) is 19.2 Å². The van der Waals surface area contributed by atoms with Gasteiger partial charge in [-0.25, -0.2) is 9.59 Å². The summed E-state index contributed by atoms with van der Waals surface area (Å²) in [6.07, 6.45) is 0.110. The van der Waals surface area contributed by atoms with E-state index < -0.39 is 35.7 Å². The molecule has 0 rings (SSSR count). The van der Waals surface area contributed by atoms with Crippen LogP contribution in [0, 0.1) is 5.92 Å². The minimum Gasteiger partial charge on any atom is -0.469 e. The molecule has 0 N–H and O–H groups in total. The maximum Gasteiger partial charge on any atom is 0.375 e. The minimum absolute atomic E-state index is 0.101. The van der Waals surface area contributed by atoms with Crippen molar-refractivity contribution in [3.05, 3.63) is 0 Å². The molecule has 120 valence electrons. The van der Waals surface area contributed by atoms with Gasteiger partial charge >= 0.3 is 17.9 Å². The molecule has 0 aliphatic heterocycles. The van der Waals surface area contributed by atoms with Crippen LogP contribution in [0.25, 0.3) is 0 Å². The number of Topliss-reactive ketones (excluding diaryl/α,β-unsaturated/α-hetero) is 1. The molecule has 0 radical (unpaired) electrons. The lowest BCUT2D eigenvalue weighted by atomic mass is 10.0. The molecular weight excluding hydrogens is 280 g/mol. The molecule has 0 aliphatic rings. The molecule has 0 aromatic heterocycles. The van der Waals surface area contributed by atoms with Gasteiger partial charge in [0.25, 0.3) is 0 Å². The number of carbonyl (C=O) groups excluding carboxylic acids is 4. The minimum atomic E-state index is -1.30. The lowest BCUT2D eigenvalue weighted by molar-refractivity contribution is -0.172. The first-order valence-electron chi connectivity index (χ1n) is 6.79. The van der Waals surface area contributed by atoms with Crippen LogP contribution in [-0.4, -0.2) is 43.5 Å². The predicted molar refractivity (Wildman–Crippen MR) is 72.2 cm³/mol. The van der Waals surface area contributed by atoms with Gasteiger partial charge in [0, 0.05) is 13.3 Å².